The van der Waals surface area contributed by atoms with Gasteiger partial charge in [-0.15, -0.1) is 0 Å². The molecule has 0 saturated carbocycles. The van der Waals surface area contributed by atoms with Crippen molar-refractivity contribution >= 4 is 39.4 Å². The minimum Gasteiger partial charge on any atom is -0.342 e. The number of likely N-dealkylation sites (tertiary alicyclic amines) is 1. The molecule has 1 aliphatic rings. The van der Waals surface area contributed by atoms with Crippen LogP contribution in [-0.4, -0.2) is 50.9 Å². The second-order valence-electron chi connectivity index (χ2n) is 6.47. The molecule has 0 radical (unpaired) electrons. The summed E-state index contributed by atoms with van der Waals surface area (Å²) in [6.45, 7) is 1.46. The first-order chi connectivity index (χ1) is 12.2. The molecule has 1 aromatic rings. The number of carbonyl (C=O) groups excluding carboxylic acids is 2. The molecule has 0 spiro atoms. The molecule has 1 fully saturated rings. The fraction of sp³-hybridized carbons (Fsp3) is 0.444. The Kier molecular flexibility index (Phi) is 7.37. The first kappa shape index (κ1) is 20.6. The van der Waals surface area contributed by atoms with E-state index in [-0.39, 0.29) is 30.4 Å². The van der Waals surface area contributed by atoms with Crippen molar-refractivity contribution in [2.24, 2.45) is 5.92 Å². The van der Waals surface area contributed by atoms with Gasteiger partial charge in [-0.2, -0.15) is 0 Å². The van der Waals surface area contributed by atoms with E-state index < -0.39 is 10.0 Å². The molecule has 1 atom stereocenters. The molecule has 142 valence electrons. The van der Waals surface area contributed by atoms with E-state index in [1.807, 2.05) is 6.07 Å². The van der Waals surface area contributed by atoms with Crippen molar-refractivity contribution in [3.8, 4) is 0 Å². The van der Waals surface area contributed by atoms with Gasteiger partial charge in [-0.25, -0.2) is 13.1 Å². The van der Waals surface area contributed by atoms with E-state index in [1.54, 1.807) is 29.2 Å². The summed E-state index contributed by atoms with van der Waals surface area (Å²) in [5.74, 6) is -0.0729. The predicted octanol–water partition coefficient (Wildman–Crippen LogP) is 2.10. The Balaban J connectivity index is 1.74. The molecule has 1 heterocycles. The number of allylic oxidation sites excluding steroid dienone is 1. The molecule has 1 aliphatic heterocycles. The highest BCUT2D eigenvalue weighted by atomic mass is 35.5. The molecule has 0 aromatic heterocycles. The summed E-state index contributed by atoms with van der Waals surface area (Å²) < 4.78 is 24.7. The minimum atomic E-state index is -3.22. The van der Waals surface area contributed by atoms with Gasteiger partial charge >= 0.3 is 0 Å². The van der Waals surface area contributed by atoms with Gasteiger partial charge in [-0.05, 0) is 36.1 Å². The van der Waals surface area contributed by atoms with Crippen LogP contribution in [0.4, 0.5) is 0 Å². The maximum absolute atomic E-state index is 12.2. The van der Waals surface area contributed by atoms with Crippen LogP contribution in [0.15, 0.2) is 30.3 Å². The lowest BCUT2D eigenvalue weighted by molar-refractivity contribution is -0.131. The SMILES string of the molecule is CS(=O)(=O)NCC1CCN(C(=O)CCC(=O)/C=C/c2cccc(Cl)c2)C1. The van der Waals surface area contributed by atoms with Crippen LogP contribution in [-0.2, 0) is 19.6 Å². The van der Waals surface area contributed by atoms with Crippen LogP contribution in [0, 0.1) is 5.92 Å². The number of ketones is 1. The molecule has 6 nitrogen and oxygen atoms in total. The van der Waals surface area contributed by atoms with Crippen LogP contribution >= 0.6 is 11.6 Å². The van der Waals surface area contributed by atoms with Crippen LogP contribution in [0.3, 0.4) is 0 Å². The zero-order chi connectivity index (χ0) is 19.2. The van der Waals surface area contributed by atoms with Crippen molar-refractivity contribution in [3.05, 3.63) is 40.9 Å². The van der Waals surface area contributed by atoms with Gasteiger partial charge < -0.3 is 4.90 Å². The van der Waals surface area contributed by atoms with Crippen LogP contribution in [0.2, 0.25) is 5.02 Å². The van der Waals surface area contributed by atoms with Crippen molar-refractivity contribution in [2.45, 2.75) is 19.3 Å². The largest absolute Gasteiger partial charge is 0.342 e. The number of hydrogen-bond acceptors (Lipinski definition) is 4. The topological polar surface area (TPSA) is 83.6 Å². The number of benzene rings is 1. The lowest BCUT2D eigenvalue weighted by Gasteiger charge is -2.16. The second-order valence-corrected chi connectivity index (χ2v) is 8.74. The van der Waals surface area contributed by atoms with E-state index in [9.17, 15) is 18.0 Å². The third kappa shape index (κ3) is 7.27. The van der Waals surface area contributed by atoms with Gasteiger partial charge in [0.1, 0.15) is 0 Å². The molecular weight excluding hydrogens is 376 g/mol. The number of nitrogens with zero attached hydrogens (tertiary/aromatic N) is 1. The van der Waals surface area contributed by atoms with Crippen molar-refractivity contribution in [1.82, 2.24) is 9.62 Å². The molecule has 2 rings (SSSR count). The number of hydrogen-bond donors (Lipinski definition) is 1. The van der Waals surface area contributed by atoms with Gasteiger partial charge in [-0.3, -0.25) is 9.59 Å². The fourth-order valence-electron chi connectivity index (χ4n) is 2.77. The number of sulfonamides is 1. The van der Waals surface area contributed by atoms with Crippen molar-refractivity contribution in [3.63, 3.8) is 0 Å². The Bertz CT molecular complexity index is 792. The average molecular weight is 399 g/mol. The van der Waals surface area contributed by atoms with E-state index in [2.05, 4.69) is 4.72 Å². The van der Waals surface area contributed by atoms with E-state index in [4.69, 9.17) is 11.6 Å². The molecule has 26 heavy (non-hydrogen) atoms. The number of nitrogens with one attached hydrogen (secondary N) is 1. The lowest BCUT2D eigenvalue weighted by Crippen LogP contribution is -2.32. The molecule has 1 unspecified atom stereocenters. The molecule has 0 aliphatic carbocycles. The first-order valence-electron chi connectivity index (χ1n) is 8.42. The van der Waals surface area contributed by atoms with Gasteiger partial charge in [0, 0.05) is 37.5 Å². The Hall–Kier alpha value is -1.70. The van der Waals surface area contributed by atoms with Crippen molar-refractivity contribution in [2.75, 3.05) is 25.9 Å². The van der Waals surface area contributed by atoms with Gasteiger partial charge in [0.2, 0.25) is 15.9 Å². The molecule has 1 saturated heterocycles. The summed E-state index contributed by atoms with van der Waals surface area (Å²) in [6.07, 6.45) is 5.33. The van der Waals surface area contributed by atoms with E-state index in [0.29, 0.717) is 24.7 Å². The van der Waals surface area contributed by atoms with Crippen LogP contribution in [0.1, 0.15) is 24.8 Å². The van der Waals surface area contributed by atoms with Crippen molar-refractivity contribution in [1.29, 1.82) is 0 Å². The lowest BCUT2D eigenvalue weighted by atomic mass is 10.1. The predicted molar refractivity (Wildman–Crippen MR) is 102 cm³/mol. The highest BCUT2D eigenvalue weighted by Gasteiger charge is 2.26. The summed E-state index contributed by atoms with van der Waals surface area (Å²) in [7, 11) is -3.22. The van der Waals surface area contributed by atoms with E-state index >= 15 is 0 Å². The van der Waals surface area contributed by atoms with Gasteiger partial charge in [-0.1, -0.05) is 29.8 Å². The number of amides is 1. The summed E-state index contributed by atoms with van der Waals surface area (Å²) in [4.78, 5) is 25.8. The normalized spacial score (nSPS) is 17.8. The Morgan fingerprint density at radius 1 is 1.35 bits per heavy atom. The van der Waals surface area contributed by atoms with Crippen LogP contribution in [0.5, 0.6) is 0 Å². The Morgan fingerprint density at radius 3 is 2.81 bits per heavy atom. The smallest absolute Gasteiger partial charge is 0.223 e. The summed E-state index contributed by atoms with van der Waals surface area (Å²) in [5.41, 5.74) is 0.831. The minimum absolute atomic E-state index is 0.0728. The standard InChI is InChI=1S/C18H23ClN2O4S/c1-26(24,25)20-12-15-9-10-21(13-15)18(23)8-7-17(22)6-5-14-3-2-4-16(19)11-14/h2-6,11,15,20H,7-10,12-13H2,1H3/b6-5+. The quantitative estimate of drug-likeness (QED) is 0.679. The number of rotatable bonds is 8. The molecule has 8 heteroatoms. The van der Waals surface area contributed by atoms with Crippen molar-refractivity contribution < 1.29 is 18.0 Å². The molecule has 1 N–H and O–H groups in total. The maximum atomic E-state index is 12.2. The maximum Gasteiger partial charge on any atom is 0.223 e. The summed E-state index contributed by atoms with van der Waals surface area (Å²) in [6, 6.07) is 7.16. The van der Waals surface area contributed by atoms with Gasteiger partial charge in [0.05, 0.1) is 6.26 Å². The number of carbonyl (C=O) groups is 2. The van der Waals surface area contributed by atoms with Gasteiger partial charge in [0.15, 0.2) is 5.78 Å². The Morgan fingerprint density at radius 2 is 2.12 bits per heavy atom. The highest BCUT2D eigenvalue weighted by molar-refractivity contribution is 7.88. The average Bonchev–Trinajstić information content (AvgIpc) is 3.04. The number of halogens is 1. The Labute approximate surface area is 159 Å². The zero-order valence-electron chi connectivity index (χ0n) is 14.7. The second kappa shape index (κ2) is 9.30. The summed E-state index contributed by atoms with van der Waals surface area (Å²) >= 11 is 5.89. The molecule has 1 aromatic carbocycles. The van der Waals surface area contributed by atoms with Crippen LogP contribution < -0.4 is 4.72 Å². The fourth-order valence-corrected chi connectivity index (χ4v) is 3.50. The molecule has 1 amide bonds. The third-order valence-corrected chi connectivity index (χ3v) is 5.09. The third-order valence-electron chi connectivity index (χ3n) is 4.17. The van der Waals surface area contributed by atoms with Crippen LogP contribution in [0.25, 0.3) is 6.08 Å². The van der Waals surface area contributed by atoms with E-state index in [1.165, 1.54) is 6.08 Å². The first-order valence-corrected chi connectivity index (χ1v) is 10.7. The highest BCUT2D eigenvalue weighted by Crippen LogP contribution is 2.17. The molecular formula is C18H23ClN2O4S. The zero-order valence-corrected chi connectivity index (χ0v) is 16.2. The van der Waals surface area contributed by atoms with Gasteiger partial charge in [0.25, 0.3) is 0 Å². The summed E-state index contributed by atoms with van der Waals surface area (Å²) in [5, 5.41) is 0.601. The molecule has 0 bridgehead atoms. The monoisotopic (exact) mass is 398 g/mol. The van der Waals surface area contributed by atoms with E-state index in [0.717, 1.165) is 18.2 Å².